The highest BCUT2D eigenvalue weighted by molar-refractivity contribution is 5.80. The second kappa shape index (κ2) is 9.32. The van der Waals surface area contributed by atoms with Crippen LogP contribution < -0.4 is 9.47 Å². The number of hydroxylamine groups is 2. The van der Waals surface area contributed by atoms with Crippen LogP contribution in [0.3, 0.4) is 0 Å². The number of amides is 2. The molecule has 1 aliphatic heterocycles. The number of aromatic nitrogens is 1. The average molecular weight is 437 g/mol. The fraction of sp³-hybridized carbons (Fsp3) is 0.333. The number of hydrogen-bond acceptors (Lipinski definition) is 6. The first kappa shape index (κ1) is 21.7. The van der Waals surface area contributed by atoms with Gasteiger partial charge in [0.1, 0.15) is 17.2 Å². The molecule has 8 heteroatoms. The minimum Gasteiger partial charge on any atom is -0.497 e. The molecule has 2 heterocycles. The number of carbonyl (C=O) groups is 1. The molecule has 2 amide bonds. The molecule has 4 rings (SSSR count). The van der Waals surface area contributed by atoms with Gasteiger partial charge in [0.15, 0.2) is 11.7 Å². The number of nitrogens with zero attached hydrogens (tertiary/aromatic N) is 3. The standard InChI is InChI=1S/C24H27N3O5/c1-26(29)24(28)27-14-12-17(13-15-27)23-25-21(16-8-10-18(30-2)11-9-16)22(32-23)19-6-4-5-7-20(19)31-3/h4-11,17,29H,12-15H2,1-3H3. The zero-order valence-corrected chi connectivity index (χ0v) is 18.4. The summed E-state index contributed by atoms with van der Waals surface area (Å²) < 4.78 is 17.2. The number of likely N-dealkylation sites (tertiary alicyclic amines) is 1. The summed E-state index contributed by atoms with van der Waals surface area (Å²) in [5, 5.41) is 10.0. The van der Waals surface area contributed by atoms with E-state index in [1.807, 2.05) is 48.5 Å². The van der Waals surface area contributed by atoms with E-state index in [9.17, 15) is 10.0 Å². The molecule has 1 saturated heterocycles. The molecule has 0 spiro atoms. The molecule has 0 radical (unpaired) electrons. The summed E-state index contributed by atoms with van der Waals surface area (Å²) in [6, 6.07) is 15.0. The van der Waals surface area contributed by atoms with Crippen LogP contribution in [0.25, 0.3) is 22.6 Å². The van der Waals surface area contributed by atoms with Crippen molar-refractivity contribution < 1.29 is 23.9 Å². The van der Waals surface area contributed by atoms with Crippen molar-refractivity contribution in [2.45, 2.75) is 18.8 Å². The Morgan fingerprint density at radius 3 is 2.41 bits per heavy atom. The van der Waals surface area contributed by atoms with Gasteiger partial charge in [0.2, 0.25) is 0 Å². The number of oxazole rings is 1. The van der Waals surface area contributed by atoms with Gasteiger partial charge in [-0.05, 0) is 49.2 Å². The molecule has 0 aliphatic carbocycles. The van der Waals surface area contributed by atoms with E-state index in [-0.39, 0.29) is 5.92 Å². The second-order valence-corrected chi connectivity index (χ2v) is 7.73. The van der Waals surface area contributed by atoms with E-state index >= 15 is 0 Å². The molecule has 2 aromatic carbocycles. The number of carbonyl (C=O) groups excluding carboxylic acids is 1. The Morgan fingerprint density at radius 2 is 1.78 bits per heavy atom. The fourth-order valence-electron chi connectivity index (χ4n) is 3.99. The van der Waals surface area contributed by atoms with Crippen molar-refractivity contribution in [1.82, 2.24) is 14.9 Å². The van der Waals surface area contributed by atoms with Crippen molar-refractivity contribution in [2.24, 2.45) is 0 Å². The van der Waals surface area contributed by atoms with Crippen LogP contribution in [0.15, 0.2) is 52.9 Å². The molecular weight excluding hydrogens is 410 g/mol. The molecule has 32 heavy (non-hydrogen) atoms. The van der Waals surface area contributed by atoms with Gasteiger partial charge in [-0.3, -0.25) is 5.21 Å². The Bertz CT molecular complexity index is 1070. The number of ether oxygens (including phenoxy) is 2. The fourth-order valence-corrected chi connectivity index (χ4v) is 3.99. The third kappa shape index (κ3) is 4.27. The highest BCUT2D eigenvalue weighted by atomic mass is 16.5. The number of benzene rings is 2. The number of para-hydroxylation sites is 1. The van der Waals surface area contributed by atoms with Gasteiger partial charge in [-0.2, -0.15) is 0 Å². The summed E-state index contributed by atoms with van der Waals surface area (Å²) >= 11 is 0. The minimum absolute atomic E-state index is 0.0727. The molecule has 0 atom stereocenters. The summed E-state index contributed by atoms with van der Waals surface area (Å²) in [6.45, 7) is 1.05. The van der Waals surface area contributed by atoms with Crippen LogP contribution >= 0.6 is 0 Å². The Hall–Kier alpha value is -3.52. The van der Waals surface area contributed by atoms with Crippen molar-refractivity contribution in [2.75, 3.05) is 34.4 Å². The van der Waals surface area contributed by atoms with Crippen molar-refractivity contribution >= 4 is 6.03 Å². The van der Waals surface area contributed by atoms with Crippen molar-refractivity contribution in [1.29, 1.82) is 0 Å². The average Bonchev–Trinajstić information content (AvgIpc) is 3.29. The van der Waals surface area contributed by atoms with Crippen LogP contribution in [-0.2, 0) is 0 Å². The van der Waals surface area contributed by atoms with Gasteiger partial charge in [0.25, 0.3) is 0 Å². The van der Waals surface area contributed by atoms with Gasteiger partial charge in [-0.1, -0.05) is 12.1 Å². The van der Waals surface area contributed by atoms with Gasteiger partial charge < -0.3 is 18.8 Å². The molecule has 1 aliphatic rings. The molecule has 0 saturated carbocycles. The molecule has 8 nitrogen and oxygen atoms in total. The topological polar surface area (TPSA) is 88.3 Å². The second-order valence-electron chi connectivity index (χ2n) is 7.73. The van der Waals surface area contributed by atoms with Crippen molar-refractivity contribution in [3.8, 4) is 34.1 Å². The number of urea groups is 1. The third-order valence-corrected chi connectivity index (χ3v) is 5.75. The van der Waals surface area contributed by atoms with Crippen molar-refractivity contribution in [3.05, 3.63) is 54.4 Å². The maximum absolute atomic E-state index is 12.0. The Morgan fingerprint density at radius 1 is 1.09 bits per heavy atom. The maximum Gasteiger partial charge on any atom is 0.343 e. The predicted octanol–water partition coefficient (Wildman–Crippen LogP) is 4.65. The van der Waals surface area contributed by atoms with E-state index in [2.05, 4.69) is 0 Å². The SMILES string of the molecule is COc1ccc(-c2nc(C3CCN(C(=O)N(C)O)CC3)oc2-c2ccccc2OC)cc1. The first-order chi connectivity index (χ1) is 15.5. The van der Waals surface area contributed by atoms with E-state index in [0.717, 1.165) is 22.6 Å². The third-order valence-electron chi connectivity index (χ3n) is 5.75. The normalized spacial score (nSPS) is 14.3. The number of piperidine rings is 1. The molecule has 0 bridgehead atoms. The highest BCUT2D eigenvalue weighted by Crippen LogP contribution is 2.41. The number of methoxy groups -OCH3 is 2. The molecular formula is C24H27N3O5. The van der Waals surface area contributed by atoms with E-state index in [1.54, 1.807) is 19.1 Å². The lowest BCUT2D eigenvalue weighted by Gasteiger charge is -2.31. The summed E-state index contributed by atoms with van der Waals surface area (Å²) in [7, 11) is 4.60. The monoisotopic (exact) mass is 437 g/mol. The lowest BCUT2D eigenvalue weighted by Crippen LogP contribution is -2.43. The first-order valence-corrected chi connectivity index (χ1v) is 10.5. The van der Waals surface area contributed by atoms with Crippen LogP contribution in [0.4, 0.5) is 4.79 Å². The predicted molar refractivity (Wildman–Crippen MR) is 119 cm³/mol. The van der Waals surface area contributed by atoms with Crippen LogP contribution in [0.1, 0.15) is 24.7 Å². The van der Waals surface area contributed by atoms with E-state index in [1.165, 1.54) is 7.05 Å². The van der Waals surface area contributed by atoms with Crippen LogP contribution in [-0.4, -0.2) is 60.5 Å². The summed E-state index contributed by atoms with van der Waals surface area (Å²) in [4.78, 5) is 18.6. The number of rotatable bonds is 5. The first-order valence-electron chi connectivity index (χ1n) is 10.5. The zero-order chi connectivity index (χ0) is 22.7. The molecule has 1 N–H and O–H groups in total. The summed E-state index contributed by atoms with van der Waals surface area (Å²) in [6.07, 6.45) is 1.40. The van der Waals surface area contributed by atoms with Crippen LogP contribution in [0, 0.1) is 0 Å². The number of hydrogen-bond donors (Lipinski definition) is 1. The van der Waals surface area contributed by atoms with Gasteiger partial charge in [-0.25, -0.2) is 14.8 Å². The van der Waals surface area contributed by atoms with Gasteiger partial charge in [-0.15, -0.1) is 0 Å². The summed E-state index contributed by atoms with van der Waals surface area (Å²) in [5.41, 5.74) is 2.48. The van der Waals surface area contributed by atoms with Crippen molar-refractivity contribution in [3.63, 3.8) is 0 Å². The van der Waals surface area contributed by atoms with Gasteiger partial charge in [0.05, 0.1) is 19.8 Å². The van der Waals surface area contributed by atoms with Crippen LogP contribution in [0.5, 0.6) is 11.5 Å². The zero-order valence-electron chi connectivity index (χ0n) is 18.4. The Labute approximate surface area is 186 Å². The smallest absolute Gasteiger partial charge is 0.343 e. The molecule has 168 valence electrons. The quantitative estimate of drug-likeness (QED) is 0.462. The summed E-state index contributed by atoms with van der Waals surface area (Å²) in [5.74, 6) is 2.83. The molecule has 1 fully saturated rings. The molecule has 1 aromatic heterocycles. The van der Waals surface area contributed by atoms with E-state index < -0.39 is 6.03 Å². The molecule has 0 unspecified atom stereocenters. The van der Waals surface area contributed by atoms with Gasteiger partial charge in [0, 0.05) is 31.6 Å². The highest BCUT2D eigenvalue weighted by Gasteiger charge is 2.30. The maximum atomic E-state index is 12.0. The minimum atomic E-state index is -0.399. The Kier molecular flexibility index (Phi) is 6.32. The van der Waals surface area contributed by atoms with E-state index in [0.29, 0.717) is 48.4 Å². The lowest BCUT2D eigenvalue weighted by molar-refractivity contribution is -0.0358. The van der Waals surface area contributed by atoms with Crippen LogP contribution in [0.2, 0.25) is 0 Å². The lowest BCUT2D eigenvalue weighted by atomic mass is 9.97. The van der Waals surface area contributed by atoms with Gasteiger partial charge >= 0.3 is 6.03 Å². The molecule has 3 aromatic rings. The largest absolute Gasteiger partial charge is 0.497 e. The Balaban J connectivity index is 1.69. The van der Waals surface area contributed by atoms with E-state index in [4.69, 9.17) is 18.9 Å².